The standard InChI is InChI=1S/C12H19F4NO/c1-8(2)18-7-11(5-12(11,15)16)6-17-3-9(13)10(14)4-17/h8-10H,3-7H2,1-2H3/t9-,10+,11-/m1/s1. The number of hydrogen-bond acceptors (Lipinski definition) is 2. The Bertz CT molecular complexity index is 302. The monoisotopic (exact) mass is 269 g/mol. The molecule has 0 aromatic rings. The molecule has 0 N–H and O–H groups in total. The molecule has 0 spiro atoms. The first-order chi connectivity index (χ1) is 8.26. The summed E-state index contributed by atoms with van der Waals surface area (Å²) >= 11 is 0. The Morgan fingerprint density at radius 1 is 1.22 bits per heavy atom. The maximum absolute atomic E-state index is 13.5. The van der Waals surface area contributed by atoms with Crippen molar-refractivity contribution < 1.29 is 22.3 Å². The number of hydrogen-bond donors (Lipinski definition) is 0. The van der Waals surface area contributed by atoms with E-state index in [0.717, 1.165) is 0 Å². The second-order valence-electron chi connectivity index (χ2n) is 5.75. The molecule has 2 aliphatic rings. The van der Waals surface area contributed by atoms with E-state index in [9.17, 15) is 17.6 Å². The fourth-order valence-electron chi connectivity index (χ4n) is 2.43. The largest absolute Gasteiger partial charge is 0.378 e. The van der Waals surface area contributed by atoms with E-state index in [1.54, 1.807) is 13.8 Å². The third-order valence-electron chi connectivity index (χ3n) is 3.69. The zero-order valence-electron chi connectivity index (χ0n) is 10.6. The number of likely N-dealkylation sites (tertiary alicyclic amines) is 1. The summed E-state index contributed by atoms with van der Waals surface area (Å²) in [5.74, 6) is -2.78. The number of halogens is 4. The molecule has 106 valence electrons. The molecule has 0 amide bonds. The lowest BCUT2D eigenvalue weighted by Crippen LogP contribution is -2.35. The highest BCUT2D eigenvalue weighted by Crippen LogP contribution is 2.61. The fraction of sp³-hybridized carbons (Fsp3) is 1.00. The molecule has 2 fully saturated rings. The van der Waals surface area contributed by atoms with Gasteiger partial charge in [-0.2, -0.15) is 0 Å². The molecular formula is C12H19F4NO. The smallest absolute Gasteiger partial charge is 0.258 e. The Balaban J connectivity index is 1.92. The highest BCUT2D eigenvalue weighted by Gasteiger charge is 2.71. The zero-order chi connectivity index (χ0) is 13.6. The molecule has 1 aliphatic carbocycles. The van der Waals surface area contributed by atoms with Crippen LogP contribution in [0.15, 0.2) is 0 Å². The SMILES string of the molecule is CC(C)OC[C@]1(CN2C[C@@H](F)[C@@H](F)C2)CC1(F)F. The van der Waals surface area contributed by atoms with Crippen LogP contribution in [0.5, 0.6) is 0 Å². The zero-order valence-corrected chi connectivity index (χ0v) is 10.6. The molecule has 18 heavy (non-hydrogen) atoms. The molecule has 1 aliphatic heterocycles. The molecular weight excluding hydrogens is 250 g/mol. The topological polar surface area (TPSA) is 12.5 Å². The minimum absolute atomic E-state index is 0.00750. The van der Waals surface area contributed by atoms with Crippen LogP contribution >= 0.6 is 0 Å². The highest BCUT2D eigenvalue weighted by molar-refractivity contribution is 5.12. The molecule has 1 saturated carbocycles. The van der Waals surface area contributed by atoms with Crippen molar-refractivity contribution in [2.75, 3.05) is 26.2 Å². The van der Waals surface area contributed by atoms with Gasteiger partial charge in [-0.25, -0.2) is 17.6 Å². The predicted octanol–water partition coefficient (Wildman–Crippen LogP) is 2.43. The van der Waals surface area contributed by atoms with Gasteiger partial charge in [-0.15, -0.1) is 0 Å². The van der Waals surface area contributed by atoms with Crippen LogP contribution in [-0.2, 0) is 4.74 Å². The summed E-state index contributed by atoms with van der Waals surface area (Å²) < 4.78 is 58.3. The molecule has 1 saturated heterocycles. The van der Waals surface area contributed by atoms with Crippen LogP contribution in [-0.4, -0.2) is 55.5 Å². The van der Waals surface area contributed by atoms with E-state index in [4.69, 9.17) is 4.74 Å². The summed E-state index contributed by atoms with van der Waals surface area (Å²) in [4.78, 5) is 1.44. The molecule has 0 radical (unpaired) electrons. The Kier molecular flexibility index (Phi) is 3.62. The van der Waals surface area contributed by atoms with Crippen LogP contribution in [0.1, 0.15) is 20.3 Å². The van der Waals surface area contributed by atoms with Gasteiger partial charge in [0.05, 0.1) is 18.1 Å². The second kappa shape index (κ2) is 4.63. The highest BCUT2D eigenvalue weighted by atomic mass is 19.3. The van der Waals surface area contributed by atoms with Gasteiger partial charge in [0.25, 0.3) is 5.92 Å². The average Bonchev–Trinajstić information content (AvgIpc) is 2.61. The van der Waals surface area contributed by atoms with E-state index in [2.05, 4.69) is 0 Å². The van der Waals surface area contributed by atoms with Gasteiger partial charge in [-0.1, -0.05) is 0 Å². The molecule has 2 nitrogen and oxygen atoms in total. The maximum Gasteiger partial charge on any atom is 0.258 e. The summed E-state index contributed by atoms with van der Waals surface area (Å²) in [7, 11) is 0. The van der Waals surface area contributed by atoms with Crippen LogP contribution in [0.3, 0.4) is 0 Å². The lowest BCUT2D eigenvalue weighted by Gasteiger charge is -2.24. The van der Waals surface area contributed by atoms with Crippen molar-refractivity contribution in [1.82, 2.24) is 4.90 Å². The molecule has 0 unspecified atom stereocenters. The third-order valence-corrected chi connectivity index (χ3v) is 3.69. The van der Waals surface area contributed by atoms with Gasteiger partial charge in [0.1, 0.15) is 12.3 Å². The fourth-order valence-corrected chi connectivity index (χ4v) is 2.43. The normalized spacial score (nSPS) is 39.5. The van der Waals surface area contributed by atoms with Crippen LogP contribution < -0.4 is 0 Å². The number of alkyl halides is 4. The van der Waals surface area contributed by atoms with Crippen molar-refractivity contribution in [2.24, 2.45) is 5.41 Å². The van der Waals surface area contributed by atoms with E-state index in [-0.39, 0.29) is 38.8 Å². The van der Waals surface area contributed by atoms with Gasteiger partial charge in [0.2, 0.25) is 0 Å². The number of rotatable bonds is 5. The number of ether oxygens (including phenoxy) is 1. The van der Waals surface area contributed by atoms with Gasteiger partial charge >= 0.3 is 0 Å². The quantitative estimate of drug-likeness (QED) is 0.711. The second-order valence-corrected chi connectivity index (χ2v) is 5.75. The number of nitrogens with zero attached hydrogens (tertiary/aromatic N) is 1. The van der Waals surface area contributed by atoms with Crippen molar-refractivity contribution in [3.8, 4) is 0 Å². The summed E-state index contributed by atoms with van der Waals surface area (Å²) in [6, 6.07) is 0. The first-order valence-electron chi connectivity index (χ1n) is 6.26. The van der Waals surface area contributed by atoms with Crippen molar-refractivity contribution in [2.45, 2.75) is 44.6 Å². The van der Waals surface area contributed by atoms with E-state index >= 15 is 0 Å². The Labute approximate surface area is 104 Å². The third kappa shape index (κ3) is 2.64. The van der Waals surface area contributed by atoms with Gasteiger partial charge in [-0.3, -0.25) is 4.90 Å². The first-order valence-corrected chi connectivity index (χ1v) is 6.26. The Hall–Kier alpha value is -0.360. The van der Waals surface area contributed by atoms with Crippen molar-refractivity contribution >= 4 is 0 Å². The summed E-state index contributed by atoms with van der Waals surface area (Å²) in [5.41, 5.74) is -1.25. The van der Waals surface area contributed by atoms with Gasteiger partial charge < -0.3 is 4.74 Å². The van der Waals surface area contributed by atoms with Crippen molar-refractivity contribution in [3.63, 3.8) is 0 Å². The van der Waals surface area contributed by atoms with E-state index in [0.29, 0.717) is 0 Å². The van der Waals surface area contributed by atoms with E-state index in [1.807, 2.05) is 0 Å². The minimum Gasteiger partial charge on any atom is -0.378 e. The summed E-state index contributed by atoms with van der Waals surface area (Å²) in [6.07, 6.45) is -3.49. The Morgan fingerprint density at radius 3 is 2.11 bits per heavy atom. The molecule has 1 heterocycles. The van der Waals surface area contributed by atoms with Gasteiger partial charge in [-0.05, 0) is 13.8 Å². The average molecular weight is 269 g/mol. The van der Waals surface area contributed by atoms with Gasteiger partial charge in [0.15, 0.2) is 0 Å². The summed E-state index contributed by atoms with van der Waals surface area (Å²) in [5, 5.41) is 0. The molecule has 6 heteroatoms. The summed E-state index contributed by atoms with van der Waals surface area (Å²) in [6.45, 7) is 3.31. The van der Waals surface area contributed by atoms with Crippen molar-refractivity contribution in [1.29, 1.82) is 0 Å². The van der Waals surface area contributed by atoms with Crippen LogP contribution in [0.4, 0.5) is 17.6 Å². The van der Waals surface area contributed by atoms with E-state index in [1.165, 1.54) is 4.90 Å². The van der Waals surface area contributed by atoms with Crippen molar-refractivity contribution in [3.05, 3.63) is 0 Å². The van der Waals surface area contributed by atoms with Crippen LogP contribution in [0, 0.1) is 5.41 Å². The van der Waals surface area contributed by atoms with E-state index < -0.39 is 23.7 Å². The first kappa shape index (κ1) is 14.1. The lowest BCUT2D eigenvalue weighted by molar-refractivity contribution is -0.0236. The maximum atomic E-state index is 13.5. The molecule has 3 atom stereocenters. The molecule has 2 rings (SSSR count). The van der Waals surface area contributed by atoms with Crippen LogP contribution in [0.2, 0.25) is 0 Å². The molecule has 0 bridgehead atoms. The minimum atomic E-state index is -2.78. The predicted molar refractivity (Wildman–Crippen MR) is 59.3 cm³/mol. The Morgan fingerprint density at radius 2 is 1.72 bits per heavy atom. The van der Waals surface area contributed by atoms with Gasteiger partial charge in [0, 0.05) is 26.1 Å². The van der Waals surface area contributed by atoms with Crippen LogP contribution in [0.25, 0.3) is 0 Å². The molecule has 0 aromatic carbocycles. The molecule has 0 aromatic heterocycles. The lowest BCUT2D eigenvalue weighted by atomic mass is 10.1.